The smallest absolute Gasteiger partial charge is 0.326 e. The summed E-state index contributed by atoms with van der Waals surface area (Å²) in [4.78, 5) is 50.7. The molecular formula is C20H25FN4O7S. The lowest BCUT2D eigenvalue weighted by atomic mass is 9.99. The third kappa shape index (κ3) is 5.14. The predicted molar refractivity (Wildman–Crippen MR) is 112 cm³/mol. The number of halogens is 1. The van der Waals surface area contributed by atoms with Crippen LogP contribution in [0.25, 0.3) is 0 Å². The van der Waals surface area contributed by atoms with Crippen LogP contribution in [-0.2, 0) is 29.1 Å². The van der Waals surface area contributed by atoms with Gasteiger partial charge in [0.1, 0.15) is 17.9 Å². The van der Waals surface area contributed by atoms with E-state index in [1.807, 2.05) is 0 Å². The molecule has 1 aromatic rings. The number of hydrogen-bond donors (Lipinski definition) is 1. The number of urea groups is 1. The molecule has 2 saturated heterocycles. The predicted octanol–water partition coefficient (Wildman–Crippen LogP) is -0.0777. The summed E-state index contributed by atoms with van der Waals surface area (Å²) in [5.41, 5.74) is -1.08. The van der Waals surface area contributed by atoms with Crippen LogP contribution >= 0.6 is 0 Å². The van der Waals surface area contributed by atoms with Gasteiger partial charge in [-0.15, -0.1) is 0 Å². The Morgan fingerprint density at radius 1 is 1.12 bits per heavy atom. The van der Waals surface area contributed by atoms with E-state index in [9.17, 15) is 32.0 Å². The minimum atomic E-state index is -3.82. The zero-order chi connectivity index (χ0) is 24.4. The van der Waals surface area contributed by atoms with Gasteiger partial charge >= 0.3 is 12.0 Å². The van der Waals surface area contributed by atoms with Gasteiger partial charge in [-0.3, -0.25) is 19.3 Å². The van der Waals surface area contributed by atoms with Crippen molar-refractivity contribution in [1.29, 1.82) is 0 Å². The molecule has 2 heterocycles. The molecule has 33 heavy (non-hydrogen) atoms. The maximum atomic E-state index is 13.1. The third-order valence-electron chi connectivity index (χ3n) is 5.74. The number of piperazine rings is 1. The molecule has 4 amide bonds. The van der Waals surface area contributed by atoms with Crippen LogP contribution in [0.1, 0.15) is 20.3 Å². The van der Waals surface area contributed by atoms with Gasteiger partial charge in [-0.05, 0) is 37.6 Å². The molecule has 2 fully saturated rings. The fourth-order valence-corrected chi connectivity index (χ4v) is 4.89. The lowest BCUT2D eigenvalue weighted by molar-refractivity contribution is -0.154. The summed E-state index contributed by atoms with van der Waals surface area (Å²) < 4.78 is 44.5. The lowest BCUT2D eigenvalue weighted by Crippen LogP contribution is -2.51. The number of hydrogen-bond acceptors (Lipinski definition) is 7. The highest BCUT2D eigenvalue weighted by Gasteiger charge is 2.47. The van der Waals surface area contributed by atoms with E-state index in [0.29, 0.717) is 6.42 Å². The Morgan fingerprint density at radius 2 is 1.73 bits per heavy atom. The highest BCUT2D eigenvalue weighted by atomic mass is 32.2. The van der Waals surface area contributed by atoms with Crippen molar-refractivity contribution in [2.75, 3.05) is 39.3 Å². The first-order valence-corrected chi connectivity index (χ1v) is 11.7. The Hall–Kier alpha value is -3.06. The number of carbonyl (C=O) groups is 4. The second-order valence-electron chi connectivity index (χ2n) is 7.91. The number of nitrogens with one attached hydrogen (secondary N) is 1. The van der Waals surface area contributed by atoms with E-state index in [1.165, 1.54) is 21.3 Å². The SMILES string of the molecule is CCC1(C)NC(=O)N(CC(=O)OCC(=O)N2CCN(S(=O)(=O)c3ccc(F)cc3)CC2)C1=O. The number of ether oxygens (including phenoxy) is 1. The first-order chi connectivity index (χ1) is 15.5. The summed E-state index contributed by atoms with van der Waals surface area (Å²) in [7, 11) is -3.82. The Kier molecular flexibility index (Phi) is 7.03. The van der Waals surface area contributed by atoms with Crippen molar-refractivity contribution in [3.8, 4) is 0 Å². The van der Waals surface area contributed by atoms with Crippen molar-refractivity contribution >= 4 is 33.8 Å². The molecule has 13 heteroatoms. The largest absolute Gasteiger partial charge is 0.454 e. The van der Waals surface area contributed by atoms with Crippen LogP contribution in [0, 0.1) is 5.82 Å². The van der Waals surface area contributed by atoms with E-state index in [2.05, 4.69) is 5.32 Å². The normalized spacial score (nSPS) is 21.8. The molecule has 0 spiro atoms. The van der Waals surface area contributed by atoms with Crippen LogP contribution in [0.15, 0.2) is 29.2 Å². The number of amides is 4. The highest BCUT2D eigenvalue weighted by molar-refractivity contribution is 7.89. The average Bonchev–Trinajstić information content (AvgIpc) is 3.01. The van der Waals surface area contributed by atoms with Crippen LogP contribution in [0.4, 0.5) is 9.18 Å². The van der Waals surface area contributed by atoms with E-state index in [1.54, 1.807) is 13.8 Å². The molecule has 0 aromatic heterocycles. The van der Waals surface area contributed by atoms with E-state index in [4.69, 9.17) is 4.74 Å². The number of rotatable bonds is 7. The van der Waals surface area contributed by atoms with Crippen LogP contribution in [-0.4, -0.2) is 91.2 Å². The third-order valence-corrected chi connectivity index (χ3v) is 7.65. The molecular weight excluding hydrogens is 459 g/mol. The minimum absolute atomic E-state index is 0.0252. The fraction of sp³-hybridized carbons (Fsp3) is 0.500. The highest BCUT2D eigenvalue weighted by Crippen LogP contribution is 2.21. The van der Waals surface area contributed by atoms with Crippen molar-refractivity contribution in [2.24, 2.45) is 0 Å². The van der Waals surface area contributed by atoms with Crippen molar-refractivity contribution in [3.63, 3.8) is 0 Å². The number of nitrogens with zero attached hydrogens (tertiary/aromatic N) is 3. The van der Waals surface area contributed by atoms with Gasteiger partial charge in [0.25, 0.3) is 11.8 Å². The first-order valence-electron chi connectivity index (χ1n) is 10.3. The summed E-state index contributed by atoms with van der Waals surface area (Å²) in [5, 5.41) is 2.51. The van der Waals surface area contributed by atoms with Gasteiger partial charge in [-0.1, -0.05) is 6.92 Å². The molecule has 0 saturated carbocycles. The second-order valence-corrected chi connectivity index (χ2v) is 9.84. The van der Waals surface area contributed by atoms with E-state index < -0.39 is 58.3 Å². The molecule has 0 aliphatic carbocycles. The monoisotopic (exact) mass is 484 g/mol. The molecule has 180 valence electrons. The van der Waals surface area contributed by atoms with Crippen LogP contribution < -0.4 is 5.32 Å². The number of benzene rings is 1. The fourth-order valence-electron chi connectivity index (χ4n) is 3.47. The minimum Gasteiger partial charge on any atom is -0.454 e. The molecule has 2 aliphatic rings. The zero-order valence-corrected chi connectivity index (χ0v) is 19.1. The van der Waals surface area contributed by atoms with Gasteiger partial charge in [0, 0.05) is 26.2 Å². The topological polar surface area (TPSA) is 133 Å². The van der Waals surface area contributed by atoms with E-state index in [-0.39, 0.29) is 31.1 Å². The number of sulfonamides is 1. The molecule has 11 nitrogen and oxygen atoms in total. The van der Waals surface area contributed by atoms with Crippen LogP contribution in [0.3, 0.4) is 0 Å². The van der Waals surface area contributed by atoms with Crippen LogP contribution in [0.5, 0.6) is 0 Å². The molecule has 1 N–H and O–H groups in total. The summed E-state index contributed by atoms with van der Waals surface area (Å²) in [6.45, 7) is 2.28. The molecule has 2 aliphatic heterocycles. The number of imide groups is 1. The summed E-state index contributed by atoms with van der Waals surface area (Å²) in [6.07, 6.45) is 0.352. The van der Waals surface area contributed by atoms with Gasteiger partial charge in [-0.2, -0.15) is 4.31 Å². The quantitative estimate of drug-likeness (QED) is 0.423. The average molecular weight is 485 g/mol. The Bertz CT molecular complexity index is 1050. The maximum Gasteiger partial charge on any atom is 0.326 e. The van der Waals surface area contributed by atoms with Crippen molar-refractivity contribution < 1.29 is 36.7 Å². The van der Waals surface area contributed by atoms with Gasteiger partial charge < -0.3 is 15.0 Å². The van der Waals surface area contributed by atoms with Gasteiger partial charge in [0.15, 0.2) is 6.61 Å². The number of esters is 1. The summed E-state index contributed by atoms with van der Waals surface area (Å²) in [6, 6.07) is 3.77. The van der Waals surface area contributed by atoms with E-state index in [0.717, 1.165) is 17.0 Å². The summed E-state index contributed by atoms with van der Waals surface area (Å²) in [5.74, 6) is -2.53. The first kappa shape index (κ1) is 24.6. The maximum absolute atomic E-state index is 13.1. The van der Waals surface area contributed by atoms with Crippen LogP contribution in [0.2, 0.25) is 0 Å². The van der Waals surface area contributed by atoms with Crippen molar-refractivity contribution in [1.82, 2.24) is 19.4 Å². The zero-order valence-electron chi connectivity index (χ0n) is 18.2. The standard InChI is InChI=1S/C20H25FN4O7S/c1-3-20(2)18(28)25(19(29)22-20)12-17(27)32-13-16(26)23-8-10-24(11-9-23)33(30,31)15-6-4-14(21)5-7-15/h4-7H,3,8-13H2,1-2H3,(H,22,29). The number of carbonyl (C=O) groups excluding carboxylic acids is 4. The van der Waals surface area contributed by atoms with Gasteiger partial charge in [0.05, 0.1) is 4.90 Å². The molecule has 1 unspecified atom stereocenters. The van der Waals surface area contributed by atoms with Gasteiger partial charge in [-0.25, -0.2) is 17.6 Å². The Morgan fingerprint density at radius 3 is 2.27 bits per heavy atom. The van der Waals surface area contributed by atoms with Crippen molar-refractivity contribution in [3.05, 3.63) is 30.1 Å². The van der Waals surface area contributed by atoms with Gasteiger partial charge in [0.2, 0.25) is 10.0 Å². The lowest BCUT2D eigenvalue weighted by Gasteiger charge is -2.33. The molecule has 1 aromatic carbocycles. The second kappa shape index (κ2) is 9.43. The molecule has 3 rings (SSSR count). The van der Waals surface area contributed by atoms with Crippen molar-refractivity contribution in [2.45, 2.75) is 30.7 Å². The van der Waals surface area contributed by atoms with E-state index >= 15 is 0 Å². The Labute approximate surface area is 190 Å². The molecule has 1 atom stereocenters. The molecule has 0 bridgehead atoms. The Balaban J connectivity index is 1.48. The molecule has 0 radical (unpaired) electrons. The summed E-state index contributed by atoms with van der Waals surface area (Å²) >= 11 is 0.